The molecule has 0 saturated heterocycles. The third-order valence-electron chi connectivity index (χ3n) is 3.68. The van der Waals surface area contributed by atoms with E-state index >= 15 is 0 Å². The molecule has 0 saturated carbocycles. The fourth-order valence-electron chi connectivity index (χ4n) is 2.61. The molecule has 2 rings (SSSR count). The van der Waals surface area contributed by atoms with E-state index in [1.165, 1.54) is 6.07 Å². The van der Waals surface area contributed by atoms with Crippen molar-refractivity contribution in [2.75, 3.05) is 32.1 Å². The first-order valence-corrected chi connectivity index (χ1v) is 6.77. The van der Waals surface area contributed by atoms with Crippen LogP contribution in [0.2, 0.25) is 0 Å². The molecule has 1 atom stereocenters. The molecule has 0 bridgehead atoms. The predicted octanol–water partition coefficient (Wildman–Crippen LogP) is 1.62. The van der Waals surface area contributed by atoms with Crippen molar-refractivity contribution in [1.29, 1.82) is 0 Å². The number of aldehydes is 1. The Bertz CT molecular complexity index is 563. The second-order valence-corrected chi connectivity index (χ2v) is 5.43. The molecular formula is C14H18FN3O3. The zero-order chi connectivity index (χ0) is 15.6. The molecule has 1 aromatic rings. The second kappa shape index (κ2) is 6.17. The number of nitro benzene ring substituents is 1. The molecule has 7 heteroatoms. The zero-order valence-corrected chi connectivity index (χ0v) is 12.1. The van der Waals surface area contributed by atoms with Gasteiger partial charge in [-0.25, -0.2) is 4.39 Å². The molecule has 6 nitrogen and oxygen atoms in total. The Hall–Kier alpha value is -2.02. The SMILES string of the molecule is CN(C)CCN1c2c(F)cc([N+](=O)[O-])cc2CCC1C=O. The summed E-state index contributed by atoms with van der Waals surface area (Å²) < 4.78 is 14.3. The van der Waals surface area contributed by atoms with Gasteiger partial charge in [0.2, 0.25) is 0 Å². The molecule has 0 spiro atoms. The average molecular weight is 295 g/mol. The smallest absolute Gasteiger partial charge is 0.272 e. The first kappa shape index (κ1) is 15.4. The lowest BCUT2D eigenvalue weighted by atomic mass is 9.95. The number of non-ortho nitro benzene ring substituents is 1. The molecule has 1 aliphatic rings. The number of benzene rings is 1. The van der Waals surface area contributed by atoms with Crippen LogP contribution in [-0.4, -0.2) is 49.3 Å². The van der Waals surface area contributed by atoms with Crippen LogP contribution in [0.25, 0.3) is 0 Å². The largest absolute Gasteiger partial charge is 0.358 e. The highest BCUT2D eigenvalue weighted by molar-refractivity contribution is 5.71. The van der Waals surface area contributed by atoms with Crippen molar-refractivity contribution in [3.05, 3.63) is 33.6 Å². The molecule has 1 aliphatic heterocycles. The van der Waals surface area contributed by atoms with Crippen LogP contribution >= 0.6 is 0 Å². The number of rotatable bonds is 5. The lowest BCUT2D eigenvalue weighted by molar-refractivity contribution is -0.385. The summed E-state index contributed by atoms with van der Waals surface area (Å²) in [6.07, 6.45) is 1.83. The van der Waals surface area contributed by atoms with Crippen molar-refractivity contribution >= 4 is 17.7 Å². The van der Waals surface area contributed by atoms with Gasteiger partial charge in [0.25, 0.3) is 5.69 Å². The quantitative estimate of drug-likeness (QED) is 0.469. The van der Waals surface area contributed by atoms with Gasteiger partial charge in [-0.3, -0.25) is 10.1 Å². The summed E-state index contributed by atoms with van der Waals surface area (Å²) >= 11 is 0. The van der Waals surface area contributed by atoms with Gasteiger partial charge in [-0.2, -0.15) is 0 Å². The molecule has 1 heterocycles. The van der Waals surface area contributed by atoms with E-state index in [0.29, 0.717) is 37.2 Å². The van der Waals surface area contributed by atoms with Crippen LogP contribution in [0.3, 0.4) is 0 Å². The number of nitro groups is 1. The van der Waals surface area contributed by atoms with E-state index < -0.39 is 10.7 Å². The molecule has 0 aliphatic carbocycles. The maximum atomic E-state index is 14.3. The summed E-state index contributed by atoms with van der Waals surface area (Å²) in [7, 11) is 3.79. The standard InChI is InChI=1S/C14H18FN3O3/c1-16(2)5-6-17-11(9-19)4-3-10-7-12(18(20)21)8-13(15)14(10)17/h7-9,11H,3-6H2,1-2H3. The number of carbonyl (C=O) groups excluding carboxylic acids is 1. The Morgan fingerprint density at radius 2 is 2.24 bits per heavy atom. The highest BCUT2D eigenvalue weighted by Crippen LogP contribution is 2.35. The van der Waals surface area contributed by atoms with Crippen molar-refractivity contribution in [3.63, 3.8) is 0 Å². The maximum absolute atomic E-state index is 14.3. The number of hydrogen-bond acceptors (Lipinski definition) is 5. The van der Waals surface area contributed by atoms with E-state index in [-0.39, 0.29) is 11.7 Å². The molecule has 21 heavy (non-hydrogen) atoms. The Morgan fingerprint density at radius 1 is 1.52 bits per heavy atom. The van der Waals surface area contributed by atoms with Crippen LogP contribution in [0, 0.1) is 15.9 Å². The Morgan fingerprint density at radius 3 is 2.81 bits per heavy atom. The van der Waals surface area contributed by atoms with E-state index in [4.69, 9.17) is 0 Å². The lowest BCUT2D eigenvalue weighted by Gasteiger charge is -2.36. The van der Waals surface area contributed by atoms with Gasteiger partial charge in [0.05, 0.1) is 22.7 Å². The highest BCUT2D eigenvalue weighted by atomic mass is 19.1. The molecule has 0 N–H and O–H groups in total. The third-order valence-corrected chi connectivity index (χ3v) is 3.68. The molecule has 1 aromatic carbocycles. The highest BCUT2D eigenvalue weighted by Gasteiger charge is 2.30. The number of anilines is 1. The first-order chi connectivity index (χ1) is 9.93. The van der Waals surface area contributed by atoms with Gasteiger partial charge < -0.3 is 14.6 Å². The molecule has 0 radical (unpaired) electrons. The minimum Gasteiger partial charge on any atom is -0.358 e. The fraction of sp³-hybridized carbons (Fsp3) is 0.500. The number of carbonyl (C=O) groups is 1. The zero-order valence-electron chi connectivity index (χ0n) is 12.1. The number of hydrogen-bond donors (Lipinski definition) is 0. The molecule has 0 aromatic heterocycles. The van der Waals surface area contributed by atoms with E-state index in [9.17, 15) is 19.3 Å². The molecule has 0 fully saturated rings. The van der Waals surface area contributed by atoms with E-state index in [0.717, 1.165) is 12.4 Å². The topological polar surface area (TPSA) is 66.7 Å². The van der Waals surface area contributed by atoms with E-state index in [1.54, 1.807) is 4.90 Å². The van der Waals surface area contributed by atoms with Gasteiger partial charge in [0.15, 0.2) is 5.82 Å². The van der Waals surface area contributed by atoms with Gasteiger partial charge in [-0.1, -0.05) is 0 Å². The summed E-state index contributed by atoms with van der Waals surface area (Å²) in [6.45, 7) is 1.17. The van der Waals surface area contributed by atoms with Crippen molar-refractivity contribution < 1.29 is 14.1 Å². The van der Waals surface area contributed by atoms with E-state index in [2.05, 4.69) is 0 Å². The van der Waals surface area contributed by atoms with Gasteiger partial charge in [0.1, 0.15) is 6.29 Å². The summed E-state index contributed by atoms with van der Waals surface area (Å²) in [5, 5.41) is 10.8. The monoisotopic (exact) mass is 295 g/mol. The number of aryl methyl sites for hydroxylation is 1. The summed E-state index contributed by atoms with van der Waals surface area (Å²) in [5.41, 5.74) is 0.674. The van der Waals surface area contributed by atoms with Crippen LogP contribution in [0.5, 0.6) is 0 Å². The summed E-state index contributed by atoms with van der Waals surface area (Å²) in [4.78, 5) is 25.1. The van der Waals surface area contributed by atoms with Crippen LogP contribution < -0.4 is 4.90 Å². The van der Waals surface area contributed by atoms with Gasteiger partial charge in [-0.15, -0.1) is 0 Å². The molecular weight excluding hydrogens is 277 g/mol. The van der Waals surface area contributed by atoms with Crippen molar-refractivity contribution in [1.82, 2.24) is 4.90 Å². The minimum atomic E-state index is -0.635. The van der Waals surface area contributed by atoms with Crippen LogP contribution in [0.4, 0.5) is 15.8 Å². The van der Waals surface area contributed by atoms with Gasteiger partial charge in [-0.05, 0) is 32.5 Å². The van der Waals surface area contributed by atoms with Crippen LogP contribution in [-0.2, 0) is 11.2 Å². The molecule has 1 unspecified atom stereocenters. The first-order valence-electron chi connectivity index (χ1n) is 6.77. The van der Waals surface area contributed by atoms with E-state index in [1.807, 2.05) is 19.0 Å². The van der Waals surface area contributed by atoms with Crippen molar-refractivity contribution in [2.24, 2.45) is 0 Å². The van der Waals surface area contributed by atoms with Crippen LogP contribution in [0.1, 0.15) is 12.0 Å². The van der Waals surface area contributed by atoms with Gasteiger partial charge >= 0.3 is 0 Å². The number of nitrogens with zero attached hydrogens (tertiary/aromatic N) is 3. The van der Waals surface area contributed by atoms with Crippen molar-refractivity contribution in [3.8, 4) is 0 Å². The molecule has 0 amide bonds. The number of likely N-dealkylation sites (N-methyl/N-ethyl adjacent to an activating group) is 1. The predicted molar refractivity (Wildman–Crippen MR) is 77.1 cm³/mol. The number of halogens is 1. The Kier molecular flexibility index (Phi) is 4.52. The number of fused-ring (bicyclic) bond motifs is 1. The van der Waals surface area contributed by atoms with Crippen molar-refractivity contribution in [2.45, 2.75) is 18.9 Å². The van der Waals surface area contributed by atoms with Crippen LogP contribution in [0.15, 0.2) is 12.1 Å². The fourth-order valence-corrected chi connectivity index (χ4v) is 2.61. The molecule has 114 valence electrons. The Labute approximate surface area is 122 Å². The lowest BCUT2D eigenvalue weighted by Crippen LogP contribution is -2.44. The van der Waals surface area contributed by atoms with Gasteiger partial charge in [0, 0.05) is 19.2 Å². The Balaban J connectivity index is 2.41. The second-order valence-electron chi connectivity index (χ2n) is 5.43. The average Bonchev–Trinajstić information content (AvgIpc) is 2.43. The maximum Gasteiger partial charge on any atom is 0.272 e. The normalized spacial score (nSPS) is 17.7. The minimum absolute atomic E-state index is 0.247. The summed E-state index contributed by atoms with van der Waals surface area (Å²) in [5.74, 6) is -0.635. The summed E-state index contributed by atoms with van der Waals surface area (Å²) in [6, 6.07) is 1.95. The third kappa shape index (κ3) is 3.18.